The molecule has 5 heteroatoms. The van der Waals surface area contributed by atoms with Gasteiger partial charge >= 0.3 is 11.9 Å². The molecule has 0 heterocycles. The van der Waals surface area contributed by atoms with Crippen LogP contribution in [0.2, 0.25) is 0 Å². The lowest BCUT2D eigenvalue weighted by Crippen LogP contribution is -2.52. The third-order valence-corrected chi connectivity index (χ3v) is 6.23. The predicted molar refractivity (Wildman–Crippen MR) is 101 cm³/mol. The van der Waals surface area contributed by atoms with Gasteiger partial charge in [0.2, 0.25) is 0 Å². The summed E-state index contributed by atoms with van der Waals surface area (Å²) < 4.78 is 0. The Labute approximate surface area is 157 Å². The first-order valence-corrected chi connectivity index (χ1v) is 9.32. The number of hydrogen-bond acceptors (Lipinski definition) is 3. The largest absolute Gasteiger partial charge is 0.481 e. The van der Waals surface area contributed by atoms with E-state index in [1.54, 1.807) is 0 Å². The van der Waals surface area contributed by atoms with Crippen molar-refractivity contribution in [3.63, 3.8) is 0 Å². The minimum atomic E-state index is -1.56. The van der Waals surface area contributed by atoms with E-state index in [4.69, 9.17) is 5.73 Å². The summed E-state index contributed by atoms with van der Waals surface area (Å²) in [5.41, 5.74) is 9.47. The number of hydrogen-bond donors (Lipinski definition) is 3. The Morgan fingerprint density at radius 1 is 0.963 bits per heavy atom. The summed E-state index contributed by atoms with van der Waals surface area (Å²) in [5, 5.41) is 19.2. The maximum absolute atomic E-state index is 12.1. The van der Waals surface area contributed by atoms with Gasteiger partial charge in [0.25, 0.3) is 0 Å². The van der Waals surface area contributed by atoms with Gasteiger partial charge in [-0.25, -0.2) is 0 Å². The zero-order chi connectivity index (χ0) is 19.2. The number of carboxylic acids is 2. The standard InChI is InChI=1S/C22H23NO4/c23-22(21(26)27,19-11-17(19)20(24)25)12-18-15-7-3-1-5-13(15)9-10-14-6-2-4-8-16(14)18/h1-8,17-19H,9-12,23H2,(H,24,25)(H,26,27). The van der Waals surface area contributed by atoms with Crippen molar-refractivity contribution in [1.82, 2.24) is 0 Å². The van der Waals surface area contributed by atoms with Crippen molar-refractivity contribution in [1.29, 1.82) is 0 Å². The fourth-order valence-corrected chi connectivity index (χ4v) is 4.63. The first kappa shape index (κ1) is 17.7. The van der Waals surface area contributed by atoms with E-state index >= 15 is 0 Å². The molecule has 0 spiro atoms. The topological polar surface area (TPSA) is 101 Å². The third kappa shape index (κ3) is 3.02. The molecular formula is C22H23NO4. The Balaban J connectivity index is 1.78. The summed E-state index contributed by atoms with van der Waals surface area (Å²) in [4.78, 5) is 23.5. The SMILES string of the molecule is NC(CC1c2ccccc2CCc2ccccc21)(C(=O)O)C1CC1C(=O)O. The maximum atomic E-state index is 12.1. The van der Waals surface area contributed by atoms with Gasteiger partial charge in [0.15, 0.2) is 0 Å². The number of aryl methyl sites for hydroxylation is 2. The Bertz CT molecular complexity index is 861. The molecule has 5 nitrogen and oxygen atoms in total. The summed E-state index contributed by atoms with van der Waals surface area (Å²) in [6.07, 6.45) is 2.32. The van der Waals surface area contributed by atoms with Gasteiger partial charge in [-0.05, 0) is 47.9 Å². The molecule has 2 aromatic rings. The van der Waals surface area contributed by atoms with E-state index < -0.39 is 29.3 Å². The minimum Gasteiger partial charge on any atom is -0.481 e. The van der Waals surface area contributed by atoms with Crippen LogP contribution in [-0.2, 0) is 22.4 Å². The second-order valence-corrected chi connectivity index (χ2v) is 7.79. The molecule has 2 aliphatic rings. The van der Waals surface area contributed by atoms with Gasteiger partial charge in [0, 0.05) is 11.8 Å². The van der Waals surface area contributed by atoms with Crippen molar-refractivity contribution >= 4 is 11.9 Å². The van der Waals surface area contributed by atoms with E-state index in [1.807, 2.05) is 36.4 Å². The Morgan fingerprint density at radius 2 is 1.48 bits per heavy atom. The van der Waals surface area contributed by atoms with Crippen LogP contribution in [0, 0.1) is 11.8 Å². The molecule has 27 heavy (non-hydrogen) atoms. The van der Waals surface area contributed by atoms with E-state index in [2.05, 4.69) is 12.1 Å². The summed E-state index contributed by atoms with van der Waals surface area (Å²) >= 11 is 0. The molecule has 0 saturated heterocycles. The second kappa shape index (κ2) is 6.50. The molecule has 4 rings (SSSR count). The number of rotatable bonds is 5. The second-order valence-electron chi connectivity index (χ2n) is 7.79. The van der Waals surface area contributed by atoms with Gasteiger partial charge in [-0.1, -0.05) is 48.5 Å². The zero-order valence-electron chi connectivity index (χ0n) is 15.0. The van der Waals surface area contributed by atoms with Crippen LogP contribution in [0.25, 0.3) is 0 Å². The molecule has 0 aliphatic heterocycles. The maximum Gasteiger partial charge on any atom is 0.324 e. The molecule has 4 N–H and O–H groups in total. The van der Waals surface area contributed by atoms with Crippen LogP contribution in [0.3, 0.4) is 0 Å². The molecule has 0 amide bonds. The van der Waals surface area contributed by atoms with Crippen LogP contribution in [0.1, 0.15) is 41.0 Å². The number of carboxylic acid groups (broad SMARTS) is 2. The zero-order valence-corrected chi connectivity index (χ0v) is 15.0. The lowest BCUT2D eigenvalue weighted by Gasteiger charge is -2.31. The van der Waals surface area contributed by atoms with Crippen LogP contribution in [0.4, 0.5) is 0 Å². The van der Waals surface area contributed by atoms with Crippen molar-refractivity contribution < 1.29 is 19.8 Å². The summed E-state index contributed by atoms with van der Waals surface area (Å²) in [7, 11) is 0. The first-order valence-electron chi connectivity index (χ1n) is 9.32. The van der Waals surface area contributed by atoms with E-state index in [1.165, 1.54) is 11.1 Å². The van der Waals surface area contributed by atoms with E-state index in [-0.39, 0.29) is 12.3 Å². The number of nitrogens with two attached hydrogens (primary N) is 1. The number of benzene rings is 2. The fraction of sp³-hybridized carbons (Fsp3) is 0.364. The van der Waals surface area contributed by atoms with Crippen LogP contribution >= 0.6 is 0 Å². The fourth-order valence-electron chi connectivity index (χ4n) is 4.63. The van der Waals surface area contributed by atoms with Gasteiger partial charge in [-0.3, -0.25) is 9.59 Å². The molecule has 3 unspecified atom stereocenters. The average Bonchev–Trinajstić information content (AvgIpc) is 3.47. The van der Waals surface area contributed by atoms with Gasteiger partial charge in [0.05, 0.1) is 5.92 Å². The number of carbonyl (C=O) groups is 2. The molecule has 2 aromatic carbocycles. The highest BCUT2D eigenvalue weighted by atomic mass is 16.4. The van der Waals surface area contributed by atoms with Crippen molar-refractivity contribution in [2.24, 2.45) is 17.6 Å². The minimum absolute atomic E-state index is 0.156. The van der Waals surface area contributed by atoms with Gasteiger partial charge in [0.1, 0.15) is 5.54 Å². The van der Waals surface area contributed by atoms with Gasteiger partial charge < -0.3 is 15.9 Å². The third-order valence-electron chi connectivity index (χ3n) is 6.23. The average molecular weight is 365 g/mol. The van der Waals surface area contributed by atoms with Crippen LogP contribution in [0.5, 0.6) is 0 Å². The predicted octanol–water partition coefficient (Wildman–Crippen LogP) is 2.81. The number of aliphatic carboxylic acids is 2. The lowest BCUT2D eigenvalue weighted by molar-refractivity contribution is -0.145. The first-order chi connectivity index (χ1) is 12.9. The van der Waals surface area contributed by atoms with Gasteiger partial charge in [-0.15, -0.1) is 0 Å². The molecule has 2 aliphatic carbocycles. The highest BCUT2D eigenvalue weighted by Crippen LogP contribution is 2.50. The van der Waals surface area contributed by atoms with Crippen LogP contribution in [0.15, 0.2) is 48.5 Å². The molecule has 1 saturated carbocycles. The summed E-state index contributed by atoms with van der Waals surface area (Å²) in [6.45, 7) is 0. The van der Waals surface area contributed by atoms with Crippen LogP contribution < -0.4 is 5.73 Å². The van der Waals surface area contributed by atoms with Gasteiger partial charge in [-0.2, -0.15) is 0 Å². The van der Waals surface area contributed by atoms with Crippen molar-refractivity contribution in [3.05, 3.63) is 70.8 Å². The quantitative estimate of drug-likeness (QED) is 0.756. The summed E-state index contributed by atoms with van der Waals surface area (Å²) in [6, 6.07) is 16.2. The monoisotopic (exact) mass is 365 g/mol. The van der Waals surface area contributed by atoms with Crippen molar-refractivity contribution in [3.8, 4) is 0 Å². The number of fused-ring (bicyclic) bond motifs is 2. The van der Waals surface area contributed by atoms with Crippen molar-refractivity contribution in [2.75, 3.05) is 0 Å². The smallest absolute Gasteiger partial charge is 0.324 e. The van der Waals surface area contributed by atoms with E-state index in [0.717, 1.165) is 24.0 Å². The summed E-state index contributed by atoms with van der Waals surface area (Å²) in [5.74, 6) is -3.43. The normalized spacial score (nSPS) is 23.4. The molecule has 1 fully saturated rings. The molecule has 0 aromatic heterocycles. The molecular weight excluding hydrogens is 342 g/mol. The highest BCUT2D eigenvalue weighted by molar-refractivity contribution is 5.83. The Morgan fingerprint density at radius 3 is 1.93 bits per heavy atom. The lowest BCUT2D eigenvalue weighted by atomic mass is 9.76. The van der Waals surface area contributed by atoms with E-state index in [0.29, 0.717) is 6.42 Å². The van der Waals surface area contributed by atoms with Crippen molar-refractivity contribution in [2.45, 2.75) is 37.1 Å². The van der Waals surface area contributed by atoms with Crippen LogP contribution in [-0.4, -0.2) is 27.7 Å². The molecule has 0 bridgehead atoms. The molecule has 0 radical (unpaired) electrons. The van der Waals surface area contributed by atoms with E-state index in [9.17, 15) is 19.8 Å². The molecule has 3 atom stereocenters. The Kier molecular flexibility index (Phi) is 4.27. The molecule has 140 valence electrons. The highest BCUT2D eigenvalue weighted by Gasteiger charge is 2.59. The Hall–Kier alpha value is -2.66.